The first-order valence-corrected chi connectivity index (χ1v) is 10.1. The van der Waals surface area contributed by atoms with Crippen LogP contribution in [-0.2, 0) is 0 Å². The summed E-state index contributed by atoms with van der Waals surface area (Å²) in [7, 11) is 0. The van der Waals surface area contributed by atoms with E-state index in [1.807, 2.05) is 0 Å². The highest BCUT2D eigenvalue weighted by Gasteiger charge is 2.26. The molecule has 0 aromatic carbocycles. The lowest BCUT2D eigenvalue weighted by Gasteiger charge is -2.32. The van der Waals surface area contributed by atoms with Crippen LogP contribution in [0.15, 0.2) is 58.7 Å². The van der Waals surface area contributed by atoms with E-state index in [0.717, 1.165) is 6.54 Å². The Bertz CT molecular complexity index is 553. The molecule has 1 aliphatic carbocycles. The monoisotopic (exact) mass is 342 g/mol. The lowest BCUT2D eigenvalue weighted by Crippen LogP contribution is -2.83. The summed E-state index contributed by atoms with van der Waals surface area (Å²) >= 11 is 0. The van der Waals surface area contributed by atoms with Gasteiger partial charge in [0.2, 0.25) is 0 Å². The van der Waals surface area contributed by atoms with Gasteiger partial charge in [-0.25, -0.2) is 0 Å². The highest BCUT2D eigenvalue weighted by molar-refractivity contribution is 5.37. The summed E-state index contributed by atoms with van der Waals surface area (Å²) in [6.07, 6.45) is 20.0. The molecule has 0 amide bonds. The molecule has 0 aromatic rings. The molecule has 0 radical (unpaired) electrons. The number of allylic oxidation sites excluding steroid dienone is 9. The number of rotatable bonds is 9. The van der Waals surface area contributed by atoms with Crippen molar-refractivity contribution in [3.05, 3.63) is 58.7 Å². The maximum absolute atomic E-state index is 2.38. The summed E-state index contributed by atoms with van der Waals surface area (Å²) in [6, 6.07) is 0. The van der Waals surface area contributed by atoms with Gasteiger partial charge in [-0.15, -0.1) is 0 Å². The second-order valence-corrected chi connectivity index (χ2v) is 8.15. The highest BCUT2D eigenvalue weighted by Crippen LogP contribution is 2.40. The maximum atomic E-state index is 2.38. The fourth-order valence-corrected chi connectivity index (χ4v) is 3.44. The predicted molar refractivity (Wildman–Crippen MR) is 113 cm³/mol. The number of nitrogens with two attached hydrogens (primary N) is 1. The fourth-order valence-electron chi connectivity index (χ4n) is 3.44. The Morgan fingerprint density at radius 3 is 2.60 bits per heavy atom. The molecule has 0 saturated carbocycles. The Morgan fingerprint density at radius 1 is 1.16 bits per heavy atom. The van der Waals surface area contributed by atoms with Gasteiger partial charge in [0.15, 0.2) is 0 Å². The second kappa shape index (κ2) is 11.3. The third-order valence-electron chi connectivity index (χ3n) is 5.14. The van der Waals surface area contributed by atoms with Gasteiger partial charge in [-0.05, 0) is 69.1 Å². The molecular weight excluding hydrogens is 302 g/mol. The molecule has 1 nitrogen and oxygen atoms in total. The molecule has 1 aliphatic rings. The van der Waals surface area contributed by atoms with Crippen molar-refractivity contribution < 1.29 is 5.32 Å². The summed E-state index contributed by atoms with van der Waals surface area (Å²) < 4.78 is 0. The van der Waals surface area contributed by atoms with Crippen LogP contribution in [0.2, 0.25) is 0 Å². The lowest BCUT2D eigenvalue weighted by molar-refractivity contribution is -0.646. The molecule has 0 aromatic heterocycles. The van der Waals surface area contributed by atoms with E-state index in [-0.39, 0.29) is 0 Å². The third-order valence-corrected chi connectivity index (χ3v) is 5.14. The molecule has 25 heavy (non-hydrogen) atoms. The van der Waals surface area contributed by atoms with E-state index >= 15 is 0 Å². The van der Waals surface area contributed by atoms with Gasteiger partial charge in [0.25, 0.3) is 0 Å². The SMILES string of the molecule is CCCC[NH2+]C/C=C(C)/C=C/C=C(C)/C=C/C1=C(C)CCCC1(C)C. The third kappa shape index (κ3) is 8.54. The molecule has 140 valence electrons. The van der Waals surface area contributed by atoms with Gasteiger partial charge in [-0.3, -0.25) is 0 Å². The van der Waals surface area contributed by atoms with E-state index in [0.29, 0.717) is 5.41 Å². The zero-order valence-corrected chi connectivity index (χ0v) is 17.5. The molecule has 0 aliphatic heterocycles. The molecule has 0 heterocycles. The molecule has 1 rings (SSSR count). The van der Waals surface area contributed by atoms with Gasteiger partial charge in [-0.1, -0.05) is 68.7 Å². The average Bonchev–Trinajstić information content (AvgIpc) is 2.53. The van der Waals surface area contributed by atoms with E-state index in [1.165, 1.54) is 55.4 Å². The molecule has 0 fully saturated rings. The minimum Gasteiger partial charge on any atom is -0.343 e. The van der Waals surface area contributed by atoms with Crippen LogP contribution in [0.25, 0.3) is 0 Å². The maximum Gasteiger partial charge on any atom is 0.0948 e. The molecule has 0 atom stereocenters. The van der Waals surface area contributed by atoms with Crippen LogP contribution in [0.3, 0.4) is 0 Å². The normalized spacial score (nSPS) is 19.4. The largest absolute Gasteiger partial charge is 0.343 e. The van der Waals surface area contributed by atoms with Crippen molar-refractivity contribution in [3.8, 4) is 0 Å². The van der Waals surface area contributed by atoms with Gasteiger partial charge in [0.05, 0.1) is 13.1 Å². The van der Waals surface area contributed by atoms with E-state index in [1.54, 1.807) is 5.57 Å². The molecular formula is C24H40N+. The first-order chi connectivity index (χ1) is 11.9. The zero-order chi connectivity index (χ0) is 18.7. The van der Waals surface area contributed by atoms with E-state index in [9.17, 15) is 0 Å². The summed E-state index contributed by atoms with van der Waals surface area (Å²) in [4.78, 5) is 0. The summed E-state index contributed by atoms with van der Waals surface area (Å²) in [5.74, 6) is 0. The van der Waals surface area contributed by atoms with Crippen LogP contribution in [0.1, 0.15) is 73.6 Å². The molecule has 0 saturated heterocycles. The van der Waals surface area contributed by atoms with Crippen molar-refractivity contribution >= 4 is 0 Å². The van der Waals surface area contributed by atoms with Crippen molar-refractivity contribution in [3.63, 3.8) is 0 Å². The Kier molecular flexibility index (Phi) is 9.82. The molecule has 0 spiro atoms. The van der Waals surface area contributed by atoms with Crippen molar-refractivity contribution in [2.45, 2.75) is 73.6 Å². The molecule has 2 N–H and O–H groups in total. The number of quaternary nitrogens is 1. The van der Waals surface area contributed by atoms with Crippen LogP contribution >= 0.6 is 0 Å². The van der Waals surface area contributed by atoms with Crippen LogP contribution < -0.4 is 5.32 Å². The minimum absolute atomic E-state index is 0.322. The fraction of sp³-hybridized carbons (Fsp3) is 0.583. The van der Waals surface area contributed by atoms with Gasteiger partial charge in [0.1, 0.15) is 0 Å². The van der Waals surface area contributed by atoms with Crippen molar-refractivity contribution in [1.29, 1.82) is 0 Å². The Morgan fingerprint density at radius 2 is 1.92 bits per heavy atom. The quantitative estimate of drug-likeness (QED) is 0.398. The first kappa shape index (κ1) is 21.7. The van der Waals surface area contributed by atoms with Crippen molar-refractivity contribution in [2.24, 2.45) is 5.41 Å². The van der Waals surface area contributed by atoms with Crippen LogP contribution in [-0.4, -0.2) is 13.1 Å². The van der Waals surface area contributed by atoms with E-state index in [4.69, 9.17) is 0 Å². The van der Waals surface area contributed by atoms with E-state index in [2.05, 4.69) is 83.3 Å². The molecule has 0 unspecified atom stereocenters. The van der Waals surface area contributed by atoms with Crippen LogP contribution in [0.5, 0.6) is 0 Å². The average molecular weight is 343 g/mol. The number of hydrogen-bond donors (Lipinski definition) is 1. The highest BCUT2D eigenvalue weighted by atomic mass is 14.8. The smallest absolute Gasteiger partial charge is 0.0948 e. The molecule has 0 bridgehead atoms. The Labute approximate surface area is 156 Å². The topological polar surface area (TPSA) is 16.6 Å². The van der Waals surface area contributed by atoms with Crippen molar-refractivity contribution in [2.75, 3.05) is 13.1 Å². The van der Waals surface area contributed by atoms with E-state index < -0.39 is 0 Å². The summed E-state index contributed by atoms with van der Waals surface area (Å²) in [6.45, 7) is 16.0. The minimum atomic E-state index is 0.322. The van der Waals surface area contributed by atoms with Gasteiger partial charge in [0, 0.05) is 0 Å². The first-order valence-electron chi connectivity index (χ1n) is 10.1. The zero-order valence-electron chi connectivity index (χ0n) is 17.5. The van der Waals surface area contributed by atoms with Crippen molar-refractivity contribution in [1.82, 2.24) is 0 Å². The number of unbranched alkanes of at least 4 members (excludes halogenated alkanes) is 1. The summed E-state index contributed by atoms with van der Waals surface area (Å²) in [5, 5.41) is 2.38. The standard InChI is InChI=1S/C24H39N/c1-7-8-18-25-19-16-21(3)12-9-11-20(2)14-15-23-22(4)13-10-17-24(23,5)6/h9,11-12,14-16,25H,7-8,10,13,17-19H2,1-6H3/p+1/b12-9+,15-14+,20-11+,21-16+. The van der Waals surface area contributed by atoms with Gasteiger partial charge < -0.3 is 5.32 Å². The second-order valence-electron chi connectivity index (χ2n) is 8.15. The summed E-state index contributed by atoms with van der Waals surface area (Å²) in [5.41, 5.74) is 6.07. The molecule has 1 heteroatoms. The van der Waals surface area contributed by atoms with Gasteiger partial charge >= 0.3 is 0 Å². The Hall–Kier alpha value is -1.34. The van der Waals surface area contributed by atoms with Crippen LogP contribution in [0, 0.1) is 5.41 Å². The predicted octanol–water partition coefficient (Wildman–Crippen LogP) is 5.88. The number of hydrogen-bond acceptors (Lipinski definition) is 0. The Balaban J connectivity index is 2.56. The van der Waals surface area contributed by atoms with Gasteiger partial charge in [-0.2, -0.15) is 0 Å². The lowest BCUT2D eigenvalue weighted by atomic mass is 9.72. The van der Waals surface area contributed by atoms with Crippen LogP contribution in [0.4, 0.5) is 0 Å².